The van der Waals surface area contributed by atoms with Gasteiger partial charge in [0.05, 0.1) is 18.7 Å². The molecule has 0 fully saturated rings. The summed E-state index contributed by atoms with van der Waals surface area (Å²) < 4.78 is 0. The Labute approximate surface area is 159 Å². The lowest BCUT2D eigenvalue weighted by Crippen LogP contribution is -2.57. The van der Waals surface area contributed by atoms with E-state index in [1.165, 1.54) is 6.92 Å². The van der Waals surface area contributed by atoms with Crippen LogP contribution in [0.4, 0.5) is 0 Å². The topological polar surface area (TPSA) is 171 Å². The van der Waals surface area contributed by atoms with Gasteiger partial charge in [-0.3, -0.25) is 14.4 Å². The third-order valence-electron chi connectivity index (χ3n) is 4.29. The first-order valence-corrected chi connectivity index (χ1v) is 8.96. The van der Waals surface area contributed by atoms with E-state index >= 15 is 0 Å². The van der Waals surface area contributed by atoms with Gasteiger partial charge in [-0.1, -0.05) is 34.1 Å². The molecule has 0 radical (unpaired) electrons. The van der Waals surface area contributed by atoms with E-state index in [0.29, 0.717) is 6.42 Å². The second-order valence-electron chi connectivity index (χ2n) is 6.98. The molecular formula is C17H32N4O6. The Hall–Kier alpha value is -2.20. The van der Waals surface area contributed by atoms with E-state index < -0.39 is 47.9 Å². The minimum atomic E-state index is -1.50. The standard InChI is InChI=1S/C17H32N4O6/c1-6-9(4)12(18)15(24)19-7-11(23)20-13(8(2)3)16(25)21-14(10(5)22)17(26)27/h8-10,12-14,22H,6-7,18H2,1-5H3,(H,19,24)(H,20,23)(H,21,25)(H,26,27). The zero-order chi connectivity index (χ0) is 21.3. The summed E-state index contributed by atoms with van der Waals surface area (Å²) >= 11 is 0. The van der Waals surface area contributed by atoms with Gasteiger partial charge in [-0.15, -0.1) is 0 Å². The number of aliphatic carboxylic acids is 1. The molecule has 0 saturated carbocycles. The van der Waals surface area contributed by atoms with Crippen LogP contribution in [0, 0.1) is 11.8 Å². The van der Waals surface area contributed by atoms with Crippen molar-refractivity contribution in [2.45, 2.75) is 65.3 Å². The fourth-order valence-corrected chi connectivity index (χ4v) is 2.19. The Morgan fingerprint density at radius 2 is 1.52 bits per heavy atom. The zero-order valence-electron chi connectivity index (χ0n) is 16.5. The summed E-state index contributed by atoms with van der Waals surface area (Å²) in [4.78, 5) is 47.4. The Bertz CT molecular complexity index is 538. The molecule has 3 amide bonds. The number of carboxylic acids is 1. The van der Waals surface area contributed by atoms with Gasteiger partial charge in [0.15, 0.2) is 6.04 Å². The van der Waals surface area contributed by atoms with E-state index in [9.17, 15) is 24.3 Å². The molecule has 27 heavy (non-hydrogen) atoms. The smallest absolute Gasteiger partial charge is 0.328 e. The maximum atomic E-state index is 12.3. The van der Waals surface area contributed by atoms with Gasteiger partial charge in [0.2, 0.25) is 17.7 Å². The maximum Gasteiger partial charge on any atom is 0.328 e. The number of nitrogens with two attached hydrogens (primary N) is 1. The number of hydrogen-bond acceptors (Lipinski definition) is 6. The number of carbonyl (C=O) groups excluding carboxylic acids is 3. The van der Waals surface area contributed by atoms with Gasteiger partial charge in [-0.05, 0) is 18.8 Å². The van der Waals surface area contributed by atoms with Crippen molar-refractivity contribution < 1.29 is 29.4 Å². The molecule has 7 N–H and O–H groups in total. The van der Waals surface area contributed by atoms with Crippen LogP contribution in [0.1, 0.15) is 41.0 Å². The number of rotatable bonds is 11. The van der Waals surface area contributed by atoms with Gasteiger partial charge < -0.3 is 31.9 Å². The average molecular weight is 388 g/mol. The predicted molar refractivity (Wildman–Crippen MR) is 98.5 cm³/mol. The van der Waals surface area contributed by atoms with Crippen LogP contribution in [0.2, 0.25) is 0 Å². The lowest BCUT2D eigenvalue weighted by atomic mass is 9.99. The molecule has 0 aromatic carbocycles. The van der Waals surface area contributed by atoms with E-state index in [0.717, 1.165) is 0 Å². The van der Waals surface area contributed by atoms with Crippen LogP contribution in [0.3, 0.4) is 0 Å². The molecular weight excluding hydrogens is 356 g/mol. The number of carboxylic acid groups (broad SMARTS) is 1. The van der Waals surface area contributed by atoms with Gasteiger partial charge in [-0.25, -0.2) is 4.79 Å². The summed E-state index contributed by atoms with van der Waals surface area (Å²) in [6.07, 6.45) is -0.596. The SMILES string of the molecule is CCC(C)C(N)C(=O)NCC(=O)NC(C(=O)NC(C(=O)O)C(C)O)C(C)C. The minimum absolute atomic E-state index is 0.0457. The van der Waals surface area contributed by atoms with E-state index in [2.05, 4.69) is 16.0 Å². The fraction of sp³-hybridized carbons (Fsp3) is 0.765. The van der Waals surface area contributed by atoms with Crippen molar-refractivity contribution in [2.75, 3.05) is 6.54 Å². The first-order valence-electron chi connectivity index (χ1n) is 8.96. The lowest BCUT2D eigenvalue weighted by molar-refractivity contribution is -0.145. The largest absolute Gasteiger partial charge is 0.480 e. The Kier molecular flexibility index (Phi) is 10.6. The van der Waals surface area contributed by atoms with Crippen molar-refractivity contribution in [3.63, 3.8) is 0 Å². The Balaban J connectivity index is 4.81. The molecule has 0 aliphatic rings. The molecule has 0 aromatic heterocycles. The number of hydrogen-bond donors (Lipinski definition) is 6. The molecule has 5 unspecified atom stereocenters. The van der Waals surface area contributed by atoms with E-state index in [-0.39, 0.29) is 18.4 Å². The number of carbonyl (C=O) groups is 4. The van der Waals surface area contributed by atoms with Crippen LogP contribution in [-0.4, -0.2) is 64.7 Å². The number of aliphatic hydroxyl groups excluding tert-OH is 1. The number of aliphatic hydroxyl groups is 1. The first-order chi connectivity index (χ1) is 12.4. The van der Waals surface area contributed by atoms with E-state index in [1.54, 1.807) is 13.8 Å². The highest BCUT2D eigenvalue weighted by molar-refractivity contribution is 5.92. The second kappa shape index (κ2) is 11.5. The molecule has 156 valence electrons. The second-order valence-corrected chi connectivity index (χ2v) is 6.98. The van der Waals surface area contributed by atoms with Crippen molar-refractivity contribution in [3.05, 3.63) is 0 Å². The Morgan fingerprint density at radius 3 is 1.93 bits per heavy atom. The van der Waals surface area contributed by atoms with Crippen LogP contribution < -0.4 is 21.7 Å². The first kappa shape index (κ1) is 24.8. The van der Waals surface area contributed by atoms with E-state index in [4.69, 9.17) is 10.8 Å². The van der Waals surface area contributed by atoms with Crippen LogP contribution in [0.15, 0.2) is 0 Å². The summed E-state index contributed by atoms with van der Waals surface area (Å²) in [6.45, 7) is 7.93. The maximum absolute atomic E-state index is 12.3. The number of amides is 3. The molecule has 0 rings (SSSR count). The molecule has 0 aliphatic carbocycles. The highest BCUT2D eigenvalue weighted by Crippen LogP contribution is 2.05. The normalized spacial score (nSPS) is 16.6. The molecule has 5 atom stereocenters. The van der Waals surface area contributed by atoms with Gasteiger partial charge in [0, 0.05) is 0 Å². The van der Waals surface area contributed by atoms with Gasteiger partial charge in [0.1, 0.15) is 6.04 Å². The molecule has 0 aliphatic heterocycles. The number of nitrogens with one attached hydrogen (secondary N) is 3. The van der Waals surface area contributed by atoms with Crippen LogP contribution in [0.25, 0.3) is 0 Å². The molecule has 0 bridgehead atoms. The summed E-state index contributed by atoms with van der Waals surface area (Å²) in [5.41, 5.74) is 5.78. The third kappa shape index (κ3) is 8.35. The summed E-state index contributed by atoms with van der Waals surface area (Å²) in [5.74, 6) is -3.61. The van der Waals surface area contributed by atoms with Crippen molar-refractivity contribution in [1.29, 1.82) is 0 Å². The van der Waals surface area contributed by atoms with Gasteiger partial charge in [-0.2, -0.15) is 0 Å². The van der Waals surface area contributed by atoms with E-state index in [1.807, 2.05) is 13.8 Å². The molecule has 0 aromatic rings. The molecule has 0 heterocycles. The summed E-state index contributed by atoms with van der Waals surface area (Å²) in [5, 5.41) is 25.6. The van der Waals surface area contributed by atoms with Crippen molar-refractivity contribution in [2.24, 2.45) is 17.6 Å². The van der Waals surface area contributed by atoms with Gasteiger partial charge in [0.25, 0.3) is 0 Å². The van der Waals surface area contributed by atoms with Crippen molar-refractivity contribution in [3.8, 4) is 0 Å². The third-order valence-corrected chi connectivity index (χ3v) is 4.29. The molecule has 0 spiro atoms. The summed E-state index contributed by atoms with van der Waals surface area (Å²) in [6, 6.07) is -3.27. The highest BCUT2D eigenvalue weighted by atomic mass is 16.4. The molecule has 10 heteroatoms. The quantitative estimate of drug-likeness (QED) is 0.252. The Morgan fingerprint density at radius 1 is 0.963 bits per heavy atom. The highest BCUT2D eigenvalue weighted by Gasteiger charge is 2.31. The monoisotopic (exact) mass is 388 g/mol. The van der Waals surface area contributed by atoms with Crippen molar-refractivity contribution >= 4 is 23.7 Å². The van der Waals surface area contributed by atoms with Crippen LogP contribution >= 0.6 is 0 Å². The zero-order valence-corrected chi connectivity index (χ0v) is 16.5. The average Bonchev–Trinajstić information content (AvgIpc) is 2.59. The van der Waals surface area contributed by atoms with Crippen LogP contribution in [0.5, 0.6) is 0 Å². The lowest BCUT2D eigenvalue weighted by Gasteiger charge is -2.25. The predicted octanol–water partition coefficient (Wildman–Crippen LogP) is -1.43. The van der Waals surface area contributed by atoms with Crippen molar-refractivity contribution in [1.82, 2.24) is 16.0 Å². The fourth-order valence-electron chi connectivity index (χ4n) is 2.19. The van der Waals surface area contributed by atoms with Crippen LogP contribution in [-0.2, 0) is 19.2 Å². The van der Waals surface area contributed by atoms with Gasteiger partial charge >= 0.3 is 5.97 Å². The molecule has 10 nitrogen and oxygen atoms in total. The minimum Gasteiger partial charge on any atom is -0.480 e. The molecule has 0 saturated heterocycles. The summed E-state index contributed by atoms with van der Waals surface area (Å²) in [7, 11) is 0.